The van der Waals surface area contributed by atoms with Crippen molar-refractivity contribution >= 4 is 62.7 Å². The molecule has 2 aromatic carbocycles. The Labute approximate surface area is 197 Å². The van der Waals surface area contributed by atoms with Gasteiger partial charge in [-0.05, 0) is 55.1 Å². The second-order valence-corrected chi connectivity index (χ2v) is 9.40. The number of furan rings is 1. The van der Waals surface area contributed by atoms with Crippen molar-refractivity contribution < 1.29 is 9.21 Å². The predicted octanol–water partition coefficient (Wildman–Crippen LogP) is 6.57. The van der Waals surface area contributed by atoms with Gasteiger partial charge in [-0.2, -0.15) is 4.99 Å². The number of aromatic nitrogens is 2. The summed E-state index contributed by atoms with van der Waals surface area (Å²) in [6, 6.07) is 20.5. The highest BCUT2D eigenvalue weighted by atomic mass is 35.5. The van der Waals surface area contributed by atoms with E-state index >= 15 is 0 Å². The van der Waals surface area contributed by atoms with E-state index < -0.39 is 0 Å². The van der Waals surface area contributed by atoms with E-state index in [9.17, 15) is 4.79 Å². The Morgan fingerprint density at radius 1 is 1.06 bits per heavy atom. The molecule has 2 aromatic heterocycles. The lowest BCUT2D eigenvalue weighted by atomic mass is 10.2. The average Bonchev–Trinajstić information content (AvgIpc) is 3.49. The smallest absolute Gasteiger partial charge is 0.271 e. The third-order valence-electron chi connectivity index (χ3n) is 4.54. The molecule has 1 amide bonds. The van der Waals surface area contributed by atoms with E-state index in [2.05, 4.69) is 15.2 Å². The van der Waals surface area contributed by atoms with E-state index in [4.69, 9.17) is 16.0 Å². The fraction of sp³-hybridized carbons (Fsp3) is 0.0435. The molecule has 4 aromatic rings. The summed E-state index contributed by atoms with van der Waals surface area (Å²) in [5.41, 5.74) is 1.60. The summed E-state index contributed by atoms with van der Waals surface area (Å²) in [5.74, 6) is 1.06. The molecule has 158 valence electrons. The van der Waals surface area contributed by atoms with Gasteiger partial charge in [-0.25, -0.2) is 0 Å². The van der Waals surface area contributed by atoms with Gasteiger partial charge in [0.15, 0.2) is 5.17 Å². The first-order valence-electron chi connectivity index (χ1n) is 9.60. The molecule has 0 saturated carbocycles. The van der Waals surface area contributed by atoms with Crippen molar-refractivity contribution in [2.75, 3.05) is 4.90 Å². The number of para-hydroxylation sites is 1. The molecule has 1 aliphatic rings. The zero-order valence-electron chi connectivity index (χ0n) is 16.7. The second-order valence-electron chi connectivity index (χ2n) is 6.80. The number of rotatable bonds is 4. The third kappa shape index (κ3) is 4.25. The topological polar surface area (TPSA) is 71.6 Å². The molecule has 0 atom stereocenters. The van der Waals surface area contributed by atoms with Crippen molar-refractivity contribution in [1.82, 2.24) is 10.2 Å². The number of carbonyl (C=O) groups excluding carboxylic acids is 1. The molecular weight excluding hydrogens is 464 g/mol. The maximum absolute atomic E-state index is 13.3. The largest absolute Gasteiger partial charge is 0.457 e. The van der Waals surface area contributed by atoms with Crippen LogP contribution in [-0.2, 0) is 4.79 Å². The number of anilines is 1. The molecular formula is C23H15ClN4O2S2. The summed E-state index contributed by atoms with van der Waals surface area (Å²) in [5, 5.41) is 10.5. The van der Waals surface area contributed by atoms with Crippen LogP contribution < -0.4 is 4.90 Å². The van der Waals surface area contributed by atoms with Crippen molar-refractivity contribution in [3.8, 4) is 11.3 Å². The summed E-state index contributed by atoms with van der Waals surface area (Å²) < 4.78 is 5.95. The summed E-state index contributed by atoms with van der Waals surface area (Å²) in [6.45, 7) is 1.86. The molecule has 0 unspecified atom stereocenters. The minimum atomic E-state index is -0.179. The van der Waals surface area contributed by atoms with Gasteiger partial charge in [-0.3, -0.25) is 9.69 Å². The first-order valence-corrected chi connectivity index (χ1v) is 11.6. The molecule has 32 heavy (non-hydrogen) atoms. The summed E-state index contributed by atoms with van der Waals surface area (Å²) in [7, 11) is 0. The van der Waals surface area contributed by atoms with Crippen LogP contribution in [0.4, 0.5) is 10.8 Å². The van der Waals surface area contributed by atoms with Crippen LogP contribution in [0.15, 0.2) is 81.0 Å². The quantitative estimate of drug-likeness (QED) is 0.310. The monoisotopic (exact) mass is 478 g/mol. The molecule has 5 rings (SSSR count). The van der Waals surface area contributed by atoms with Gasteiger partial charge in [0.1, 0.15) is 16.5 Å². The molecule has 0 aliphatic carbocycles. The minimum Gasteiger partial charge on any atom is -0.457 e. The zero-order valence-corrected chi connectivity index (χ0v) is 19.1. The van der Waals surface area contributed by atoms with Crippen LogP contribution in [0.1, 0.15) is 10.8 Å². The van der Waals surface area contributed by atoms with Crippen molar-refractivity contribution in [1.29, 1.82) is 0 Å². The Kier molecular flexibility index (Phi) is 5.65. The number of halogens is 1. The highest BCUT2D eigenvalue weighted by Gasteiger charge is 2.35. The number of carbonyl (C=O) groups is 1. The van der Waals surface area contributed by atoms with Crippen molar-refractivity contribution in [2.45, 2.75) is 6.92 Å². The first-order chi connectivity index (χ1) is 15.6. The SMILES string of the molecule is Cc1nnc(/N=C2/S/C(=C/c3ccc(-c4cccc(Cl)c4)o3)C(=O)N2c2ccccc2)s1. The van der Waals surface area contributed by atoms with Crippen LogP contribution >= 0.6 is 34.7 Å². The minimum absolute atomic E-state index is 0.179. The van der Waals surface area contributed by atoms with Gasteiger partial charge < -0.3 is 4.42 Å². The number of nitrogens with zero attached hydrogens (tertiary/aromatic N) is 4. The van der Waals surface area contributed by atoms with Crippen LogP contribution in [0.3, 0.4) is 0 Å². The van der Waals surface area contributed by atoms with Gasteiger partial charge in [0.25, 0.3) is 5.91 Å². The van der Waals surface area contributed by atoms with Gasteiger partial charge in [0, 0.05) is 16.7 Å². The van der Waals surface area contributed by atoms with Crippen molar-refractivity contribution in [3.63, 3.8) is 0 Å². The molecule has 1 aliphatic heterocycles. The molecule has 3 heterocycles. The number of amides is 1. The molecule has 0 N–H and O–H groups in total. The number of thioether (sulfide) groups is 1. The average molecular weight is 479 g/mol. The van der Waals surface area contributed by atoms with Crippen molar-refractivity contribution in [3.05, 3.63) is 87.4 Å². The Balaban J connectivity index is 1.50. The lowest BCUT2D eigenvalue weighted by Crippen LogP contribution is -2.28. The lowest BCUT2D eigenvalue weighted by molar-refractivity contribution is -0.113. The molecule has 1 fully saturated rings. The molecule has 9 heteroatoms. The van der Waals surface area contributed by atoms with E-state index in [0.29, 0.717) is 31.7 Å². The fourth-order valence-electron chi connectivity index (χ4n) is 3.12. The second kappa shape index (κ2) is 8.74. The zero-order chi connectivity index (χ0) is 22.1. The number of hydrogen-bond acceptors (Lipinski definition) is 7. The lowest BCUT2D eigenvalue weighted by Gasteiger charge is -2.14. The standard InChI is InChI=1S/C23H15ClN4O2S2/c1-14-26-27-22(31-14)25-23-28(17-8-3-2-4-9-17)21(29)20(32-23)13-18-10-11-19(30-18)15-6-5-7-16(24)12-15/h2-13H,1H3/b20-13+,25-23+. The van der Waals surface area contributed by atoms with E-state index in [1.165, 1.54) is 23.1 Å². The van der Waals surface area contributed by atoms with Gasteiger partial charge >= 0.3 is 0 Å². The normalized spacial score (nSPS) is 16.4. The van der Waals surface area contributed by atoms with Gasteiger partial charge in [0.2, 0.25) is 5.13 Å². The predicted molar refractivity (Wildman–Crippen MR) is 130 cm³/mol. The Bertz CT molecular complexity index is 1360. The van der Waals surface area contributed by atoms with Crippen LogP contribution in [0.2, 0.25) is 5.02 Å². The fourth-order valence-corrected chi connectivity index (χ4v) is 4.89. The van der Waals surface area contributed by atoms with E-state index in [1.807, 2.05) is 73.7 Å². The van der Waals surface area contributed by atoms with Crippen LogP contribution in [0, 0.1) is 6.92 Å². The Hall–Kier alpha value is -3.20. The number of benzene rings is 2. The highest BCUT2D eigenvalue weighted by molar-refractivity contribution is 8.19. The summed E-state index contributed by atoms with van der Waals surface area (Å²) >= 11 is 8.73. The van der Waals surface area contributed by atoms with E-state index in [-0.39, 0.29) is 5.91 Å². The number of hydrogen-bond donors (Lipinski definition) is 0. The maximum atomic E-state index is 13.3. The number of aliphatic imine (C=N–C) groups is 1. The van der Waals surface area contributed by atoms with Crippen molar-refractivity contribution in [2.24, 2.45) is 4.99 Å². The Morgan fingerprint density at radius 3 is 2.66 bits per heavy atom. The van der Waals surface area contributed by atoms with Gasteiger partial charge in [0.05, 0.1) is 10.6 Å². The first kappa shape index (κ1) is 20.7. The molecule has 0 radical (unpaired) electrons. The summed E-state index contributed by atoms with van der Waals surface area (Å²) in [6.07, 6.45) is 1.73. The van der Waals surface area contributed by atoms with E-state index in [0.717, 1.165) is 16.3 Å². The molecule has 6 nitrogen and oxygen atoms in total. The Morgan fingerprint density at radius 2 is 1.91 bits per heavy atom. The number of aryl methyl sites for hydroxylation is 1. The maximum Gasteiger partial charge on any atom is 0.271 e. The summed E-state index contributed by atoms with van der Waals surface area (Å²) in [4.78, 5) is 20.0. The number of amidine groups is 1. The molecule has 1 saturated heterocycles. The van der Waals surface area contributed by atoms with Crippen LogP contribution in [0.25, 0.3) is 17.4 Å². The van der Waals surface area contributed by atoms with Crippen LogP contribution in [0.5, 0.6) is 0 Å². The molecule has 0 spiro atoms. The third-order valence-corrected chi connectivity index (χ3v) is 6.47. The van der Waals surface area contributed by atoms with E-state index in [1.54, 1.807) is 11.0 Å². The van der Waals surface area contributed by atoms with Gasteiger partial charge in [-0.15, -0.1) is 10.2 Å². The van der Waals surface area contributed by atoms with Crippen LogP contribution in [-0.4, -0.2) is 21.3 Å². The van der Waals surface area contributed by atoms with Gasteiger partial charge in [-0.1, -0.05) is 53.3 Å². The molecule has 0 bridgehead atoms. The highest BCUT2D eigenvalue weighted by Crippen LogP contribution is 2.38.